The van der Waals surface area contributed by atoms with Gasteiger partial charge in [0.15, 0.2) is 6.61 Å². The van der Waals surface area contributed by atoms with Crippen LogP contribution in [0.2, 0.25) is 10.0 Å². The van der Waals surface area contributed by atoms with Crippen molar-refractivity contribution in [1.29, 1.82) is 0 Å². The number of hydrogen-bond donors (Lipinski definition) is 1. The van der Waals surface area contributed by atoms with E-state index in [1.807, 2.05) is 0 Å². The predicted molar refractivity (Wildman–Crippen MR) is 120 cm³/mol. The lowest BCUT2D eigenvalue weighted by Gasteiger charge is -2.21. The Morgan fingerprint density at radius 1 is 1.10 bits per heavy atom. The van der Waals surface area contributed by atoms with Crippen molar-refractivity contribution in [2.24, 2.45) is 0 Å². The molecule has 0 saturated carbocycles. The van der Waals surface area contributed by atoms with Crippen molar-refractivity contribution in [3.05, 3.63) is 63.6 Å². The van der Waals surface area contributed by atoms with E-state index in [9.17, 15) is 18.0 Å². The summed E-state index contributed by atoms with van der Waals surface area (Å²) >= 11 is 12.0. The van der Waals surface area contributed by atoms with Crippen LogP contribution in [0.3, 0.4) is 0 Å². The van der Waals surface area contributed by atoms with E-state index in [0.29, 0.717) is 15.6 Å². The van der Waals surface area contributed by atoms with E-state index in [4.69, 9.17) is 27.9 Å². The van der Waals surface area contributed by atoms with Gasteiger partial charge in [0, 0.05) is 23.1 Å². The Morgan fingerprint density at radius 3 is 2.39 bits per heavy atom. The number of halogens is 2. The normalized spacial score (nSPS) is 12.6. The summed E-state index contributed by atoms with van der Waals surface area (Å²) in [6, 6.07) is 9.73. The van der Waals surface area contributed by atoms with Gasteiger partial charge in [-0.15, -0.1) is 0 Å². The van der Waals surface area contributed by atoms with Gasteiger partial charge in [-0.3, -0.25) is 4.79 Å². The molecular formula is C21H24Cl2N2O5S. The molecule has 0 bridgehead atoms. The summed E-state index contributed by atoms with van der Waals surface area (Å²) in [7, 11) is -2.29. The number of benzene rings is 2. The van der Waals surface area contributed by atoms with Crippen molar-refractivity contribution >= 4 is 45.1 Å². The zero-order chi connectivity index (χ0) is 23.3. The Hall–Kier alpha value is -2.13. The summed E-state index contributed by atoms with van der Waals surface area (Å²) in [5.41, 5.74) is 0.692. The molecule has 2 rings (SSSR count). The smallest absolute Gasteiger partial charge is 0.338 e. The number of nitrogens with zero attached hydrogens (tertiary/aromatic N) is 1. The lowest BCUT2D eigenvalue weighted by Crippen LogP contribution is -2.33. The molecule has 0 radical (unpaired) electrons. The predicted octanol–water partition coefficient (Wildman–Crippen LogP) is 4.06. The molecule has 1 atom stereocenters. The van der Waals surface area contributed by atoms with Gasteiger partial charge >= 0.3 is 5.97 Å². The van der Waals surface area contributed by atoms with Gasteiger partial charge in [-0.2, -0.15) is 4.31 Å². The lowest BCUT2D eigenvalue weighted by atomic mass is 10.1. The standard InChI is InChI=1S/C21H24Cl2N2O5S/c1-13(2)25(4)31(28,29)17-7-5-6-15(10-17)21(27)30-12-20(26)24-14(3)18-9-8-16(22)11-19(18)23/h5-11,13-14H,12H2,1-4H3,(H,24,26). The van der Waals surface area contributed by atoms with Crippen LogP contribution < -0.4 is 5.32 Å². The molecule has 0 aliphatic carbocycles. The van der Waals surface area contributed by atoms with E-state index in [1.165, 1.54) is 35.6 Å². The molecule has 0 fully saturated rings. The Bertz CT molecular complexity index is 1070. The van der Waals surface area contributed by atoms with Crippen molar-refractivity contribution in [1.82, 2.24) is 9.62 Å². The maximum absolute atomic E-state index is 12.6. The second-order valence-electron chi connectivity index (χ2n) is 7.17. The summed E-state index contributed by atoms with van der Waals surface area (Å²) in [6.07, 6.45) is 0. The zero-order valence-electron chi connectivity index (χ0n) is 17.6. The molecule has 1 amide bonds. The minimum Gasteiger partial charge on any atom is -0.452 e. The monoisotopic (exact) mass is 486 g/mol. The maximum atomic E-state index is 12.6. The quantitative estimate of drug-likeness (QED) is 0.567. The van der Waals surface area contributed by atoms with Gasteiger partial charge < -0.3 is 10.1 Å². The molecule has 7 nitrogen and oxygen atoms in total. The third kappa shape index (κ3) is 6.43. The summed E-state index contributed by atoms with van der Waals surface area (Å²) in [5, 5.41) is 3.56. The summed E-state index contributed by atoms with van der Waals surface area (Å²) in [4.78, 5) is 24.5. The van der Waals surface area contributed by atoms with Crippen LogP contribution in [0.25, 0.3) is 0 Å². The number of nitrogens with one attached hydrogen (secondary N) is 1. The van der Waals surface area contributed by atoms with Gasteiger partial charge in [0.2, 0.25) is 10.0 Å². The lowest BCUT2D eigenvalue weighted by molar-refractivity contribution is -0.124. The van der Waals surface area contributed by atoms with E-state index >= 15 is 0 Å². The number of ether oxygens (including phenoxy) is 1. The molecule has 0 aliphatic rings. The Balaban J connectivity index is 2.02. The number of hydrogen-bond acceptors (Lipinski definition) is 5. The van der Waals surface area contributed by atoms with Crippen molar-refractivity contribution in [3.63, 3.8) is 0 Å². The first-order chi connectivity index (χ1) is 14.4. The summed E-state index contributed by atoms with van der Waals surface area (Å²) < 4.78 is 31.5. The van der Waals surface area contributed by atoms with Gasteiger partial charge in [-0.1, -0.05) is 35.3 Å². The highest BCUT2D eigenvalue weighted by molar-refractivity contribution is 7.89. The van der Waals surface area contributed by atoms with E-state index in [2.05, 4.69) is 5.32 Å². The molecule has 1 unspecified atom stereocenters. The zero-order valence-corrected chi connectivity index (χ0v) is 19.9. The highest BCUT2D eigenvalue weighted by atomic mass is 35.5. The second kappa shape index (κ2) is 10.5. The van der Waals surface area contributed by atoms with Crippen LogP contribution in [0.4, 0.5) is 0 Å². The van der Waals surface area contributed by atoms with Crippen LogP contribution in [0.5, 0.6) is 0 Å². The fourth-order valence-electron chi connectivity index (χ4n) is 2.66. The third-order valence-corrected chi connectivity index (χ3v) is 7.21. The summed E-state index contributed by atoms with van der Waals surface area (Å²) in [6.45, 7) is 4.69. The van der Waals surface area contributed by atoms with Crippen molar-refractivity contribution in [2.45, 2.75) is 37.8 Å². The molecule has 31 heavy (non-hydrogen) atoms. The SMILES string of the molecule is CC(NC(=O)COC(=O)c1cccc(S(=O)(=O)N(C)C(C)C)c1)c1ccc(Cl)cc1Cl. The molecule has 0 saturated heterocycles. The Morgan fingerprint density at radius 2 is 1.77 bits per heavy atom. The van der Waals surface area contributed by atoms with Gasteiger partial charge in [0.05, 0.1) is 16.5 Å². The molecule has 2 aromatic rings. The maximum Gasteiger partial charge on any atom is 0.338 e. The van der Waals surface area contributed by atoms with Gasteiger partial charge in [0.25, 0.3) is 5.91 Å². The highest BCUT2D eigenvalue weighted by Gasteiger charge is 2.24. The minimum absolute atomic E-state index is 0.0276. The van der Waals surface area contributed by atoms with E-state index in [-0.39, 0.29) is 16.5 Å². The molecular weight excluding hydrogens is 463 g/mol. The minimum atomic E-state index is -3.75. The van der Waals surface area contributed by atoms with Crippen molar-refractivity contribution < 1.29 is 22.7 Å². The van der Waals surface area contributed by atoms with E-state index < -0.39 is 34.5 Å². The first-order valence-corrected chi connectivity index (χ1v) is 11.6. The number of esters is 1. The number of carbonyl (C=O) groups is 2. The fourth-order valence-corrected chi connectivity index (χ4v) is 4.64. The van der Waals surface area contributed by atoms with E-state index in [0.717, 1.165) is 0 Å². The number of sulfonamides is 1. The highest BCUT2D eigenvalue weighted by Crippen LogP contribution is 2.26. The molecule has 0 aliphatic heterocycles. The fraction of sp³-hybridized carbons (Fsp3) is 0.333. The Kier molecular flexibility index (Phi) is 8.48. The van der Waals surface area contributed by atoms with Gasteiger partial charge in [-0.25, -0.2) is 13.2 Å². The van der Waals surface area contributed by atoms with Crippen LogP contribution in [0.15, 0.2) is 47.4 Å². The average molecular weight is 487 g/mol. The van der Waals surface area contributed by atoms with Gasteiger partial charge in [0.1, 0.15) is 0 Å². The molecule has 10 heteroatoms. The van der Waals surface area contributed by atoms with Crippen molar-refractivity contribution in [2.75, 3.05) is 13.7 Å². The summed E-state index contributed by atoms with van der Waals surface area (Å²) in [5.74, 6) is -1.34. The van der Waals surface area contributed by atoms with E-state index in [1.54, 1.807) is 39.0 Å². The van der Waals surface area contributed by atoms with Crippen molar-refractivity contribution in [3.8, 4) is 0 Å². The van der Waals surface area contributed by atoms with Crippen LogP contribution >= 0.6 is 23.2 Å². The second-order valence-corrected chi connectivity index (χ2v) is 10.0. The molecule has 0 heterocycles. The van der Waals surface area contributed by atoms with Crippen LogP contribution in [-0.4, -0.2) is 44.3 Å². The first-order valence-electron chi connectivity index (χ1n) is 9.43. The first kappa shape index (κ1) is 25.1. The molecule has 2 aromatic carbocycles. The van der Waals surface area contributed by atoms with Crippen LogP contribution in [0, 0.1) is 0 Å². The molecule has 0 spiro atoms. The van der Waals surface area contributed by atoms with Gasteiger partial charge in [-0.05, 0) is 56.7 Å². The molecule has 168 valence electrons. The largest absolute Gasteiger partial charge is 0.452 e. The topological polar surface area (TPSA) is 92.8 Å². The number of carbonyl (C=O) groups excluding carboxylic acids is 2. The molecule has 0 aromatic heterocycles. The van der Waals surface area contributed by atoms with Crippen LogP contribution in [-0.2, 0) is 19.6 Å². The van der Waals surface area contributed by atoms with Crippen LogP contribution in [0.1, 0.15) is 42.7 Å². The third-order valence-electron chi connectivity index (χ3n) is 4.61. The number of amides is 1. The Labute approximate surface area is 192 Å². The molecule has 1 N–H and O–H groups in total. The average Bonchev–Trinajstić information content (AvgIpc) is 2.71. The number of rotatable bonds is 8.